The number of thioether (sulfide) groups is 1. The fourth-order valence-electron chi connectivity index (χ4n) is 2.28. The molecule has 0 aromatic heterocycles. The van der Waals surface area contributed by atoms with Gasteiger partial charge in [0, 0.05) is 10.6 Å². The third kappa shape index (κ3) is 4.14. The molecule has 1 N–H and O–H groups in total. The molecule has 2 rings (SSSR count). The van der Waals surface area contributed by atoms with Gasteiger partial charge >= 0.3 is 0 Å². The fourth-order valence-corrected chi connectivity index (χ4v) is 3.22. The zero-order valence-electron chi connectivity index (χ0n) is 13.9. The predicted molar refractivity (Wildman–Crippen MR) is 95.8 cm³/mol. The highest BCUT2D eigenvalue weighted by Crippen LogP contribution is 2.28. The molecule has 2 aromatic carbocycles. The molecule has 0 spiro atoms. The molecule has 0 fully saturated rings. The normalized spacial score (nSPS) is 12.0. The smallest absolute Gasteiger partial charge is 0.237 e. The zero-order chi connectivity index (χ0) is 16.3. The van der Waals surface area contributed by atoms with Gasteiger partial charge in [0.25, 0.3) is 0 Å². The molecule has 2 aromatic rings. The Morgan fingerprint density at radius 1 is 0.955 bits per heavy atom. The van der Waals surface area contributed by atoms with E-state index < -0.39 is 0 Å². The maximum absolute atomic E-state index is 12.4. The standard InChI is InChI=1S/C19H23NOS/c1-12-7-9-18(15(4)10-12)22-16(5)19(21)20-17-11-13(2)6-8-14(17)3/h6-11,16H,1-5H3,(H,20,21)/t16-/m1/s1. The van der Waals surface area contributed by atoms with Crippen LogP contribution in [0.3, 0.4) is 0 Å². The van der Waals surface area contributed by atoms with E-state index in [0.717, 1.165) is 21.7 Å². The van der Waals surface area contributed by atoms with Crippen molar-refractivity contribution >= 4 is 23.4 Å². The van der Waals surface area contributed by atoms with Crippen LogP contribution in [0.25, 0.3) is 0 Å². The first-order chi connectivity index (χ1) is 10.4. The molecule has 0 saturated heterocycles. The van der Waals surface area contributed by atoms with E-state index in [2.05, 4.69) is 43.4 Å². The first-order valence-electron chi connectivity index (χ1n) is 7.49. The van der Waals surface area contributed by atoms with Crippen molar-refractivity contribution in [3.8, 4) is 0 Å². The van der Waals surface area contributed by atoms with Gasteiger partial charge in [0.2, 0.25) is 5.91 Å². The number of amides is 1. The number of carbonyl (C=O) groups excluding carboxylic acids is 1. The molecule has 0 heterocycles. The summed E-state index contributed by atoms with van der Waals surface area (Å²) in [6.45, 7) is 10.2. The van der Waals surface area contributed by atoms with Crippen LogP contribution in [0.4, 0.5) is 5.69 Å². The molecule has 0 aliphatic carbocycles. The molecule has 116 valence electrons. The van der Waals surface area contributed by atoms with E-state index in [-0.39, 0.29) is 11.2 Å². The van der Waals surface area contributed by atoms with Crippen LogP contribution < -0.4 is 5.32 Å². The van der Waals surface area contributed by atoms with Crippen LogP contribution in [0.2, 0.25) is 0 Å². The van der Waals surface area contributed by atoms with Gasteiger partial charge in [-0.3, -0.25) is 4.79 Å². The molecule has 1 amide bonds. The SMILES string of the molecule is Cc1ccc(S[C@H](C)C(=O)Nc2cc(C)ccc2C)c(C)c1. The summed E-state index contributed by atoms with van der Waals surface area (Å²) < 4.78 is 0. The summed E-state index contributed by atoms with van der Waals surface area (Å²) in [6, 6.07) is 12.4. The highest BCUT2D eigenvalue weighted by molar-refractivity contribution is 8.00. The summed E-state index contributed by atoms with van der Waals surface area (Å²) in [5.41, 5.74) is 5.60. The molecule has 0 radical (unpaired) electrons. The van der Waals surface area contributed by atoms with Gasteiger partial charge < -0.3 is 5.32 Å². The summed E-state index contributed by atoms with van der Waals surface area (Å²) in [6.07, 6.45) is 0. The summed E-state index contributed by atoms with van der Waals surface area (Å²) in [5, 5.41) is 2.90. The van der Waals surface area contributed by atoms with Gasteiger partial charge in [-0.25, -0.2) is 0 Å². The van der Waals surface area contributed by atoms with Crippen LogP contribution in [-0.4, -0.2) is 11.2 Å². The maximum atomic E-state index is 12.4. The lowest BCUT2D eigenvalue weighted by Crippen LogP contribution is -2.23. The average molecular weight is 313 g/mol. The van der Waals surface area contributed by atoms with Crippen molar-refractivity contribution in [2.24, 2.45) is 0 Å². The molecular weight excluding hydrogens is 290 g/mol. The number of nitrogens with one attached hydrogen (secondary N) is 1. The molecule has 3 heteroatoms. The highest BCUT2D eigenvalue weighted by atomic mass is 32.2. The Morgan fingerprint density at radius 2 is 1.59 bits per heavy atom. The number of anilines is 1. The molecular formula is C19H23NOS. The summed E-state index contributed by atoms with van der Waals surface area (Å²) in [5.74, 6) is 0.0404. The van der Waals surface area contributed by atoms with E-state index in [9.17, 15) is 4.79 Å². The Bertz CT molecular complexity index is 694. The Morgan fingerprint density at radius 3 is 2.27 bits per heavy atom. The van der Waals surface area contributed by atoms with Crippen molar-refractivity contribution in [1.29, 1.82) is 0 Å². The molecule has 0 bridgehead atoms. The van der Waals surface area contributed by atoms with E-state index in [0.29, 0.717) is 0 Å². The molecule has 0 unspecified atom stereocenters. The van der Waals surface area contributed by atoms with Gasteiger partial charge in [-0.2, -0.15) is 0 Å². The Labute approximate surface area is 137 Å². The lowest BCUT2D eigenvalue weighted by atomic mass is 10.1. The molecule has 22 heavy (non-hydrogen) atoms. The minimum atomic E-state index is -0.138. The number of rotatable bonds is 4. The van der Waals surface area contributed by atoms with Crippen LogP contribution in [-0.2, 0) is 4.79 Å². The van der Waals surface area contributed by atoms with Gasteiger partial charge in [-0.1, -0.05) is 29.8 Å². The minimum absolute atomic E-state index is 0.0404. The Hall–Kier alpha value is -1.74. The maximum Gasteiger partial charge on any atom is 0.237 e. The van der Waals surface area contributed by atoms with Gasteiger partial charge in [-0.05, 0) is 63.4 Å². The van der Waals surface area contributed by atoms with Gasteiger partial charge in [-0.15, -0.1) is 11.8 Å². The number of benzene rings is 2. The van der Waals surface area contributed by atoms with Crippen molar-refractivity contribution in [1.82, 2.24) is 0 Å². The van der Waals surface area contributed by atoms with E-state index in [1.165, 1.54) is 11.1 Å². The molecule has 0 aliphatic heterocycles. The van der Waals surface area contributed by atoms with Crippen molar-refractivity contribution in [3.63, 3.8) is 0 Å². The van der Waals surface area contributed by atoms with Crippen LogP contribution in [0.15, 0.2) is 41.3 Å². The molecule has 1 atom stereocenters. The third-order valence-electron chi connectivity index (χ3n) is 3.65. The second kappa shape index (κ2) is 7.01. The van der Waals surface area contributed by atoms with Crippen LogP contribution >= 0.6 is 11.8 Å². The van der Waals surface area contributed by atoms with Crippen LogP contribution in [0.5, 0.6) is 0 Å². The highest BCUT2D eigenvalue weighted by Gasteiger charge is 2.16. The largest absolute Gasteiger partial charge is 0.325 e. The first-order valence-corrected chi connectivity index (χ1v) is 8.37. The van der Waals surface area contributed by atoms with Crippen molar-refractivity contribution in [2.75, 3.05) is 5.32 Å². The molecule has 0 saturated carbocycles. The topological polar surface area (TPSA) is 29.1 Å². The fraction of sp³-hybridized carbons (Fsp3) is 0.316. The number of carbonyl (C=O) groups is 1. The second-order valence-electron chi connectivity index (χ2n) is 5.84. The van der Waals surface area contributed by atoms with E-state index in [1.807, 2.05) is 32.9 Å². The molecule has 0 aliphatic rings. The van der Waals surface area contributed by atoms with Crippen molar-refractivity contribution in [3.05, 3.63) is 58.7 Å². The predicted octanol–water partition coefficient (Wildman–Crippen LogP) is 5.04. The lowest BCUT2D eigenvalue weighted by Gasteiger charge is -2.15. The van der Waals surface area contributed by atoms with E-state index >= 15 is 0 Å². The van der Waals surface area contributed by atoms with Crippen LogP contribution in [0, 0.1) is 27.7 Å². The van der Waals surface area contributed by atoms with Crippen molar-refractivity contribution in [2.45, 2.75) is 44.8 Å². The van der Waals surface area contributed by atoms with Gasteiger partial charge in [0.15, 0.2) is 0 Å². The van der Waals surface area contributed by atoms with Gasteiger partial charge in [0.05, 0.1) is 5.25 Å². The Balaban J connectivity index is 2.07. The number of aryl methyl sites for hydroxylation is 4. The van der Waals surface area contributed by atoms with Crippen LogP contribution in [0.1, 0.15) is 29.2 Å². The summed E-state index contributed by atoms with van der Waals surface area (Å²) in [4.78, 5) is 13.6. The third-order valence-corrected chi connectivity index (χ3v) is 4.93. The number of hydrogen-bond donors (Lipinski definition) is 1. The first kappa shape index (κ1) is 16.6. The second-order valence-corrected chi connectivity index (χ2v) is 7.22. The lowest BCUT2D eigenvalue weighted by molar-refractivity contribution is -0.115. The summed E-state index contributed by atoms with van der Waals surface area (Å²) >= 11 is 1.60. The van der Waals surface area contributed by atoms with Gasteiger partial charge in [0.1, 0.15) is 0 Å². The summed E-state index contributed by atoms with van der Waals surface area (Å²) in [7, 11) is 0. The Kier molecular flexibility index (Phi) is 5.30. The van der Waals surface area contributed by atoms with E-state index in [4.69, 9.17) is 0 Å². The molecule has 2 nitrogen and oxygen atoms in total. The quantitative estimate of drug-likeness (QED) is 0.801. The number of hydrogen-bond acceptors (Lipinski definition) is 2. The monoisotopic (exact) mass is 313 g/mol. The zero-order valence-corrected chi connectivity index (χ0v) is 14.7. The minimum Gasteiger partial charge on any atom is -0.325 e. The van der Waals surface area contributed by atoms with E-state index in [1.54, 1.807) is 11.8 Å². The van der Waals surface area contributed by atoms with Crippen molar-refractivity contribution < 1.29 is 4.79 Å². The average Bonchev–Trinajstić information content (AvgIpc) is 2.45.